The van der Waals surface area contributed by atoms with Crippen molar-refractivity contribution < 1.29 is 48.0 Å². The molecule has 6 atom stereocenters. The minimum atomic E-state index is -1.08. The van der Waals surface area contributed by atoms with E-state index in [0.29, 0.717) is 5.75 Å². The summed E-state index contributed by atoms with van der Waals surface area (Å²) >= 11 is 1.28. The van der Waals surface area contributed by atoms with Gasteiger partial charge in [-0.25, -0.2) is 0 Å². The zero-order chi connectivity index (χ0) is 27.3. The summed E-state index contributed by atoms with van der Waals surface area (Å²) in [6, 6.07) is -0.490. The van der Waals surface area contributed by atoms with Gasteiger partial charge in [0, 0.05) is 33.7 Å². The molecule has 202 valence electrons. The molecule has 13 heteroatoms. The van der Waals surface area contributed by atoms with Crippen LogP contribution in [-0.2, 0) is 53.8 Å². The van der Waals surface area contributed by atoms with Gasteiger partial charge in [0.05, 0.1) is 0 Å². The van der Waals surface area contributed by atoms with Gasteiger partial charge in [0.25, 0.3) is 0 Å². The number of hydrogen-bond donors (Lipinski definition) is 1. The fraction of sp³-hybridized carbons (Fsp3) is 0.773. The van der Waals surface area contributed by atoms with Gasteiger partial charge in [-0.15, -0.1) is 11.8 Å². The summed E-state index contributed by atoms with van der Waals surface area (Å²) in [7, 11) is -0.00237. The number of carbonyl (C=O) groups excluding carboxylic acids is 5. The van der Waals surface area contributed by atoms with Crippen molar-refractivity contribution in [3.63, 3.8) is 0 Å². The normalized spacial score (nSPS) is 24.3. The van der Waals surface area contributed by atoms with Gasteiger partial charge in [-0.3, -0.25) is 19.2 Å². The van der Waals surface area contributed by atoms with Crippen LogP contribution in [0.4, 0.5) is 0 Å². The minimum Gasteiger partial charge on any atom is -0.550 e. The molecule has 1 amide bonds. The smallest absolute Gasteiger partial charge is 0.303 e. The van der Waals surface area contributed by atoms with Crippen molar-refractivity contribution in [1.29, 1.82) is 0 Å². The maximum atomic E-state index is 12.0. The van der Waals surface area contributed by atoms with Gasteiger partial charge < -0.3 is 34.2 Å². The van der Waals surface area contributed by atoms with Crippen molar-refractivity contribution in [2.24, 2.45) is 0 Å². The number of esters is 3. The Kier molecular flexibility index (Phi) is 15.7. The van der Waals surface area contributed by atoms with Gasteiger partial charge in [0.2, 0.25) is 5.91 Å². The number of amides is 1. The van der Waals surface area contributed by atoms with Gasteiger partial charge in [0.15, 0.2) is 18.3 Å². The van der Waals surface area contributed by atoms with Crippen LogP contribution in [0.15, 0.2) is 0 Å². The Bertz CT molecular complexity index is 727. The topological polar surface area (TPSA) is 157 Å². The van der Waals surface area contributed by atoms with Crippen LogP contribution >= 0.6 is 11.8 Å². The van der Waals surface area contributed by atoms with Crippen LogP contribution < -0.4 is 10.4 Å². The van der Waals surface area contributed by atoms with E-state index in [-0.39, 0.29) is 16.8 Å². The Balaban J connectivity index is 0.00000267. The number of carboxylic acid groups (broad SMARTS) is 1. The molecule has 11 nitrogen and oxygen atoms in total. The van der Waals surface area contributed by atoms with Crippen LogP contribution in [0.25, 0.3) is 0 Å². The summed E-state index contributed by atoms with van der Waals surface area (Å²) in [6.07, 6.45) is -2.15. The molecule has 0 saturated carbocycles. The number of nitrogens with one attached hydrogen (secondary N) is 1. The van der Waals surface area contributed by atoms with Gasteiger partial charge >= 0.3 is 17.9 Å². The van der Waals surface area contributed by atoms with Crippen molar-refractivity contribution >= 4 is 52.4 Å². The van der Waals surface area contributed by atoms with Crippen molar-refractivity contribution in [1.82, 2.24) is 5.32 Å². The molecule has 0 bridgehead atoms. The van der Waals surface area contributed by atoms with Crippen LogP contribution in [-0.4, -0.2) is 89.2 Å². The number of carboxylic acids is 1. The molecule has 0 unspecified atom stereocenters. The van der Waals surface area contributed by atoms with Crippen molar-refractivity contribution in [3.8, 4) is 0 Å². The number of thioether (sulfide) groups is 1. The van der Waals surface area contributed by atoms with E-state index in [1.54, 1.807) is 6.26 Å². The maximum absolute atomic E-state index is 12.0. The summed E-state index contributed by atoms with van der Waals surface area (Å²) in [5.74, 6) is -0.676. The third kappa shape index (κ3) is 12.5. The fourth-order valence-electron chi connectivity index (χ4n) is 3.49. The molecule has 1 heterocycles. The molecular formula is C22H37NO10S2. The lowest BCUT2D eigenvalue weighted by molar-refractivity contribution is -0.302. The molecule has 1 fully saturated rings. The van der Waals surface area contributed by atoms with Crippen LogP contribution in [0.3, 0.4) is 0 Å². The number of aliphatic carboxylic acids is 1. The van der Waals surface area contributed by atoms with Crippen molar-refractivity contribution in [2.45, 2.75) is 84.4 Å². The van der Waals surface area contributed by atoms with E-state index < -0.39 is 59.8 Å². The monoisotopic (exact) mass is 539 g/mol. The Labute approximate surface area is 213 Å². The molecule has 1 saturated heterocycles. The number of carbonyl (C=O) groups is 5. The molecule has 0 aromatic carbocycles. The third-order valence-electron chi connectivity index (χ3n) is 4.69. The molecular weight excluding hydrogens is 502 g/mol. The number of ether oxygens (including phenoxy) is 4. The number of rotatable bonds is 10. The van der Waals surface area contributed by atoms with Gasteiger partial charge in [-0.05, 0) is 37.9 Å². The van der Waals surface area contributed by atoms with E-state index in [0.717, 1.165) is 18.4 Å². The first-order valence-electron chi connectivity index (χ1n) is 11.1. The highest BCUT2D eigenvalue weighted by Crippen LogP contribution is 2.34. The Morgan fingerprint density at radius 1 is 0.886 bits per heavy atom. The van der Waals surface area contributed by atoms with E-state index >= 15 is 0 Å². The molecule has 0 aromatic rings. The standard InChI is InChI=1S/C20H33NO8S2.C2H4O2/c1-8-31(9-2)10-15(21-11(3)22)16-17(26-12(4)23)18(27-13(5)24)19(28-14(6)25)20(29-16)30-7;1-2(3)4/h15-20H,8-10H2,1-7H3;1H3,(H,3,4)/t15-,16+,17-,18-,19+,20+;/m0./s1. The highest BCUT2D eigenvalue weighted by Gasteiger charge is 2.54. The highest BCUT2D eigenvalue weighted by atomic mass is 32.2. The summed E-state index contributed by atoms with van der Waals surface area (Å²) in [5, 5.41) is 11.8. The predicted molar refractivity (Wildman–Crippen MR) is 130 cm³/mol. The molecule has 35 heavy (non-hydrogen) atoms. The lowest BCUT2D eigenvalue weighted by Gasteiger charge is -2.46. The van der Waals surface area contributed by atoms with Gasteiger partial charge in [-0.2, -0.15) is 0 Å². The summed E-state index contributed by atoms with van der Waals surface area (Å²) in [6.45, 7) is 10.2. The molecule has 0 spiro atoms. The SMILES string of the molecule is CC(=O)[O-].CC[S+](CC)C[C@H](NC(C)=O)[C@H]1O[C@H](SC)[C@H](OC(C)=O)[C@@H](OC(C)=O)[C@H]1OC(C)=O. The molecule has 1 aliphatic rings. The fourth-order valence-corrected chi connectivity index (χ4v) is 5.87. The molecule has 0 aliphatic carbocycles. The van der Waals surface area contributed by atoms with Crippen LogP contribution in [0.1, 0.15) is 48.5 Å². The largest absolute Gasteiger partial charge is 0.550 e. The zero-order valence-corrected chi connectivity index (χ0v) is 23.1. The average Bonchev–Trinajstić information content (AvgIpc) is 2.72. The summed E-state index contributed by atoms with van der Waals surface area (Å²) in [5.41, 5.74) is -0.689. The summed E-state index contributed by atoms with van der Waals surface area (Å²) in [4.78, 5) is 56.4. The second kappa shape index (κ2) is 16.6. The first-order valence-corrected chi connectivity index (χ1v) is 14.1. The lowest BCUT2D eigenvalue weighted by atomic mass is 9.94. The first-order chi connectivity index (χ1) is 16.3. The second-order valence-corrected chi connectivity index (χ2v) is 11.2. The minimum absolute atomic E-state index is 0.00237. The van der Waals surface area contributed by atoms with Gasteiger partial charge in [0.1, 0.15) is 34.8 Å². The Morgan fingerprint density at radius 3 is 1.69 bits per heavy atom. The van der Waals surface area contributed by atoms with E-state index in [1.807, 2.05) is 0 Å². The van der Waals surface area contributed by atoms with E-state index in [9.17, 15) is 19.2 Å². The predicted octanol–water partition coefficient (Wildman–Crippen LogP) is -0.212. The van der Waals surface area contributed by atoms with Gasteiger partial charge in [-0.1, -0.05) is 0 Å². The highest BCUT2D eigenvalue weighted by molar-refractivity contribution is 7.99. The Morgan fingerprint density at radius 2 is 1.31 bits per heavy atom. The number of hydrogen-bond acceptors (Lipinski definition) is 11. The van der Waals surface area contributed by atoms with E-state index in [1.165, 1.54) is 39.5 Å². The van der Waals surface area contributed by atoms with Crippen molar-refractivity contribution in [2.75, 3.05) is 23.5 Å². The molecule has 1 rings (SSSR count). The van der Waals surface area contributed by atoms with Crippen LogP contribution in [0, 0.1) is 0 Å². The second-order valence-electron chi connectivity index (χ2n) is 7.58. The van der Waals surface area contributed by atoms with Crippen LogP contribution in [0.2, 0.25) is 0 Å². The third-order valence-corrected chi connectivity index (χ3v) is 7.99. The molecule has 1 aliphatic heterocycles. The molecule has 0 radical (unpaired) electrons. The zero-order valence-electron chi connectivity index (χ0n) is 21.5. The molecule has 1 N–H and O–H groups in total. The first kappa shape index (κ1) is 33.0. The quantitative estimate of drug-likeness (QED) is 0.222. The van der Waals surface area contributed by atoms with Crippen LogP contribution in [0.5, 0.6) is 0 Å². The van der Waals surface area contributed by atoms with Crippen molar-refractivity contribution in [3.05, 3.63) is 0 Å². The Hall–Kier alpha value is -1.99. The summed E-state index contributed by atoms with van der Waals surface area (Å²) < 4.78 is 22.7. The lowest BCUT2D eigenvalue weighted by Crippen LogP contribution is -2.66. The maximum Gasteiger partial charge on any atom is 0.303 e. The van der Waals surface area contributed by atoms with E-state index in [4.69, 9.17) is 28.8 Å². The van der Waals surface area contributed by atoms with E-state index in [2.05, 4.69) is 19.2 Å². The molecule has 0 aromatic heterocycles. The average molecular weight is 540 g/mol.